The lowest BCUT2D eigenvalue weighted by Gasteiger charge is -2.16. The van der Waals surface area contributed by atoms with Crippen LogP contribution in [0.1, 0.15) is 52.4 Å². The maximum absolute atomic E-state index is 10.7. The minimum Gasteiger partial charge on any atom is -0.550 e. The van der Waals surface area contributed by atoms with Crippen molar-refractivity contribution in [2.75, 3.05) is 0 Å². The summed E-state index contributed by atoms with van der Waals surface area (Å²) in [5.41, 5.74) is 0. The molecule has 0 fully saturated rings. The topological polar surface area (TPSA) is 40.1 Å². The van der Waals surface area contributed by atoms with Crippen LogP contribution in [0.4, 0.5) is 0 Å². The van der Waals surface area contributed by atoms with Crippen LogP contribution in [0.3, 0.4) is 0 Å². The predicted molar refractivity (Wildman–Crippen MR) is 56.7 cm³/mol. The van der Waals surface area contributed by atoms with Gasteiger partial charge in [-0.3, -0.25) is 0 Å². The zero-order valence-corrected chi connectivity index (χ0v) is 9.29. The molecule has 0 spiro atoms. The Morgan fingerprint density at radius 2 is 2.00 bits per heavy atom. The molecule has 0 amide bonds. The number of carboxylic acid groups (broad SMARTS) is 1. The average molecular weight is 197 g/mol. The third kappa shape index (κ3) is 6.70. The van der Waals surface area contributed by atoms with Gasteiger partial charge in [0.15, 0.2) is 0 Å². The molecule has 1 atom stereocenters. The Balaban J connectivity index is 3.73. The molecule has 0 saturated heterocycles. The first-order chi connectivity index (χ1) is 6.72. The van der Waals surface area contributed by atoms with Gasteiger partial charge in [0, 0.05) is 5.97 Å². The molecule has 2 nitrogen and oxygen atoms in total. The molecule has 0 bridgehead atoms. The number of unbranched alkanes of at least 4 members (excludes halogenated alkanes) is 1. The summed E-state index contributed by atoms with van der Waals surface area (Å²) < 4.78 is 0. The fourth-order valence-corrected chi connectivity index (χ4v) is 1.41. The van der Waals surface area contributed by atoms with Crippen LogP contribution < -0.4 is 5.11 Å². The summed E-state index contributed by atoms with van der Waals surface area (Å²) in [5.74, 6) is -1.14. The minimum atomic E-state index is -0.886. The summed E-state index contributed by atoms with van der Waals surface area (Å²) in [4.78, 5) is 10.7. The van der Waals surface area contributed by atoms with Crippen molar-refractivity contribution in [1.82, 2.24) is 0 Å². The van der Waals surface area contributed by atoms with E-state index in [1.54, 1.807) is 0 Å². The van der Waals surface area contributed by atoms with Gasteiger partial charge in [0.1, 0.15) is 0 Å². The van der Waals surface area contributed by atoms with Crippen LogP contribution in [-0.2, 0) is 4.79 Å². The van der Waals surface area contributed by atoms with Crippen LogP contribution in [0.15, 0.2) is 12.2 Å². The van der Waals surface area contributed by atoms with E-state index in [9.17, 15) is 9.90 Å². The van der Waals surface area contributed by atoms with Gasteiger partial charge < -0.3 is 9.90 Å². The zero-order chi connectivity index (χ0) is 10.8. The number of carbonyl (C=O) groups excluding carboxylic acids is 1. The van der Waals surface area contributed by atoms with Gasteiger partial charge in [0.25, 0.3) is 0 Å². The van der Waals surface area contributed by atoms with Crippen molar-refractivity contribution >= 4 is 5.97 Å². The quantitative estimate of drug-likeness (QED) is 0.560. The van der Waals surface area contributed by atoms with Gasteiger partial charge in [-0.2, -0.15) is 0 Å². The molecule has 0 aromatic rings. The molecule has 0 aliphatic rings. The summed E-state index contributed by atoms with van der Waals surface area (Å²) in [6, 6.07) is 0. The van der Waals surface area contributed by atoms with Crippen LogP contribution in [0, 0.1) is 5.92 Å². The van der Waals surface area contributed by atoms with Crippen molar-refractivity contribution in [3.05, 3.63) is 12.2 Å². The molecule has 0 aliphatic heterocycles. The second-order valence-corrected chi connectivity index (χ2v) is 3.62. The molecule has 0 saturated carbocycles. The van der Waals surface area contributed by atoms with Crippen molar-refractivity contribution < 1.29 is 9.90 Å². The van der Waals surface area contributed by atoms with Gasteiger partial charge in [-0.05, 0) is 31.6 Å². The molecule has 0 radical (unpaired) electrons. The predicted octanol–water partition coefficient (Wildman–Crippen LogP) is 2.29. The second-order valence-electron chi connectivity index (χ2n) is 3.62. The number of carboxylic acids is 1. The Hall–Kier alpha value is -0.790. The van der Waals surface area contributed by atoms with Gasteiger partial charge >= 0.3 is 0 Å². The van der Waals surface area contributed by atoms with Crippen LogP contribution >= 0.6 is 0 Å². The summed E-state index contributed by atoms with van der Waals surface area (Å²) >= 11 is 0. The lowest BCUT2D eigenvalue weighted by molar-refractivity contribution is -0.312. The largest absolute Gasteiger partial charge is 0.550 e. The Morgan fingerprint density at radius 3 is 2.50 bits per heavy atom. The highest BCUT2D eigenvalue weighted by molar-refractivity contribution is 5.67. The second kappa shape index (κ2) is 8.79. The highest BCUT2D eigenvalue weighted by Gasteiger charge is 2.07. The Labute approximate surface area is 87.0 Å². The molecule has 0 aromatic carbocycles. The van der Waals surface area contributed by atoms with Crippen LogP contribution in [0.5, 0.6) is 0 Å². The van der Waals surface area contributed by atoms with Crippen LogP contribution in [0.2, 0.25) is 0 Å². The van der Waals surface area contributed by atoms with E-state index in [4.69, 9.17) is 0 Å². The molecular formula is C12H21O2-. The first kappa shape index (κ1) is 13.2. The maximum atomic E-state index is 10.7. The number of carbonyl (C=O) groups is 1. The number of hydrogen-bond acceptors (Lipinski definition) is 2. The summed E-state index contributed by atoms with van der Waals surface area (Å²) in [6.07, 6.45) is 9.53. The van der Waals surface area contributed by atoms with E-state index < -0.39 is 5.97 Å². The Kier molecular flexibility index (Phi) is 8.30. The lowest BCUT2D eigenvalue weighted by atomic mass is 9.97. The monoisotopic (exact) mass is 197 g/mol. The molecule has 0 rings (SSSR count). The van der Waals surface area contributed by atoms with Crippen molar-refractivity contribution in [2.24, 2.45) is 5.92 Å². The highest BCUT2D eigenvalue weighted by atomic mass is 16.4. The SMILES string of the molecule is CCC=CCCC(CCCC)C(=O)[O-]. The van der Waals surface area contributed by atoms with Crippen molar-refractivity contribution in [2.45, 2.75) is 52.4 Å². The van der Waals surface area contributed by atoms with Crippen molar-refractivity contribution in [3.63, 3.8) is 0 Å². The van der Waals surface area contributed by atoms with Gasteiger partial charge in [0.2, 0.25) is 0 Å². The van der Waals surface area contributed by atoms with Crippen LogP contribution in [-0.4, -0.2) is 5.97 Å². The molecule has 0 aliphatic carbocycles. The van der Waals surface area contributed by atoms with E-state index in [1.165, 1.54) is 0 Å². The van der Waals surface area contributed by atoms with E-state index in [0.717, 1.165) is 38.5 Å². The molecular weight excluding hydrogens is 176 g/mol. The third-order valence-corrected chi connectivity index (χ3v) is 2.32. The number of hydrogen-bond donors (Lipinski definition) is 0. The Morgan fingerprint density at radius 1 is 1.29 bits per heavy atom. The van der Waals surface area contributed by atoms with Crippen molar-refractivity contribution in [3.8, 4) is 0 Å². The van der Waals surface area contributed by atoms with Crippen LogP contribution in [0.25, 0.3) is 0 Å². The first-order valence-corrected chi connectivity index (χ1v) is 5.58. The fraction of sp³-hybridized carbons (Fsp3) is 0.750. The van der Waals surface area contributed by atoms with E-state index in [-0.39, 0.29) is 5.92 Å². The number of allylic oxidation sites excluding steroid dienone is 2. The van der Waals surface area contributed by atoms with E-state index in [1.807, 2.05) is 0 Å². The minimum absolute atomic E-state index is 0.253. The Bertz CT molecular complexity index is 173. The normalized spacial score (nSPS) is 13.3. The molecule has 0 N–H and O–H groups in total. The zero-order valence-electron chi connectivity index (χ0n) is 9.29. The van der Waals surface area contributed by atoms with Crippen molar-refractivity contribution in [1.29, 1.82) is 0 Å². The smallest absolute Gasteiger partial charge is 0.0445 e. The molecule has 2 heteroatoms. The molecule has 1 unspecified atom stereocenters. The lowest BCUT2D eigenvalue weighted by Crippen LogP contribution is -2.31. The first-order valence-electron chi connectivity index (χ1n) is 5.58. The maximum Gasteiger partial charge on any atom is 0.0445 e. The summed E-state index contributed by atoms with van der Waals surface area (Å²) in [6.45, 7) is 4.15. The third-order valence-electron chi connectivity index (χ3n) is 2.32. The number of rotatable bonds is 8. The standard InChI is InChI=1S/C12H22O2/c1-3-5-7-8-10-11(12(13)14)9-6-4-2/h5,7,11H,3-4,6,8-10H2,1-2H3,(H,13,14)/p-1. The van der Waals surface area contributed by atoms with Gasteiger partial charge in [0.05, 0.1) is 0 Å². The number of aliphatic carboxylic acids is 1. The van der Waals surface area contributed by atoms with Gasteiger partial charge in [-0.15, -0.1) is 0 Å². The van der Waals surface area contributed by atoms with E-state index in [0.29, 0.717) is 0 Å². The van der Waals surface area contributed by atoms with Gasteiger partial charge in [-0.25, -0.2) is 0 Å². The van der Waals surface area contributed by atoms with Gasteiger partial charge in [-0.1, -0.05) is 38.8 Å². The molecule has 82 valence electrons. The van der Waals surface area contributed by atoms with E-state index in [2.05, 4.69) is 26.0 Å². The average Bonchev–Trinajstić information content (AvgIpc) is 2.16. The molecule has 0 heterocycles. The highest BCUT2D eigenvalue weighted by Crippen LogP contribution is 2.14. The summed E-state index contributed by atoms with van der Waals surface area (Å²) in [7, 11) is 0. The van der Waals surface area contributed by atoms with E-state index >= 15 is 0 Å². The summed E-state index contributed by atoms with van der Waals surface area (Å²) in [5, 5.41) is 10.7. The fourth-order valence-electron chi connectivity index (χ4n) is 1.41. The molecule has 14 heavy (non-hydrogen) atoms. The molecule has 0 aromatic heterocycles.